The lowest BCUT2D eigenvalue weighted by Crippen LogP contribution is -2.41. The molecule has 1 unspecified atom stereocenters. The van der Waals surface area contributed by atoms with Crippen LogP contribution in [0.4, 0.5) is 0 Å². The summed E-state index contributed by atoms with van der Waals surface area (Å²) in [6, 6.07) is 0.410. The standard InChI is InChI=1S/C8H14N4/c1-12-5-11-7-2-6(3-9)10-4-8(7)12/h5-6,10H,2-4,9H2,1H3. The van der Waals surface area contributed by atoms with E-state index in [1.165, 1.54) is 11.4 Å². The van der Waals surface area contributed by atoms with Gasteiger partial charge in [0.05, 0.1) is 17.7 Å². The van der Waals surface area contributed by atoms with Crippen molar-refractivity contribution in [3.63, 3.8) is 0 Å². The van der Waals surface area contributed by atoms with Gasteiger partial charge in [0.25, 0.3) is 0 Å². The molecule has 1 aliphatic rings. The summed E-state index contributed by atoms with van der Waals surface area (Å²) in [7, 11) is 2.02. The maximum atomic E-state index is 5.57. The highest BCUT2D eigenvalue weighted by molar-refractivity contribution is 5.17. The number of aromatic nitrogens is 2. The Balaban J connectivity index is 2.24. The Morgan fingerprint density at radius 3 is 3.42 bits per heavy atom. The van der Waals surface area contributed by atoms with E-state index in [2.05, 4.69) is 14.9 Å². The molecule has 1 aliphatic heterocycles. The number of hydrogen-bond acceptors (Lipinski definition) is 3. The van der Waals surface area contributed by atoms with E-state index in [0.29, 0.717) is 12.6 Å². The van der Waals surface area contributed by atoms with E-state index in [-0.39, 0.29) is 0 Å². The molecule has 0 bridgehead atoms. The molecule has 0 aliphatic carbocycles. The monoisotopic (exact) mass is 166 g/mol. The zero-order valence-electron chi connectivity index (χ0n) is 7.25. The van der Waals surface area contributed by atoms with Crippen LogP contribution in [0.15, 0.2) is 6.33 Å². The minimum Gasteiger partial charge on any atom is -0.336 e. The first-order chi connectivity index (χ1) is 5.81. The van der Waals surface area contributed by atoms with Crippen LogP contribution in [0.2, 0.25) is 0 Å². The third-order valence-electron chi connectivity index (χ3n) is 2.43. The maximum Gasteiger partial charge on any atom is 0.0949 e. The second-order valence-electron chi connectivity index (χ2n) is 3.27. The summed E-state index contributed by atoms with van der Waals surface area (Å²) in [5, 5.41) is 3.37. The first-order valence-corrected chi connectivity index (χ1v) is 4.23. The van der Waals surface area contributed by atoms with E-state index in [1.54, 1.807) is 0 Å². The number of nitrogens with one attached hydrogen (secondary N) is 1. The number of nitrogens with two attached hydrogens (primary N) is 1. The van der Waals surface area contributed by atoms with Crippen LogP contribution in [0.5, 0.6) is 0 Å². The van der Waals surface area contributed by atoms with Gasteiger partial charge < -0.3 is 15.6 Å². The van der Waals surface area contributed by atoms with Gasteiger partial charge in [-0.25, -0.2) is 4.98 Å². The first-order valence-electron chi connectivity index (χ1n) is 4.23. The highest BCUT2D eigenvalue weighted by atomic mass is 15.1. The molecule has 4 heteroatoms. The zero-order chi connectivity index (χ0) is 8.55. The maximum absolute atomic E-state index is 5.57. The van der Waals surface area contributed by atoms with Gasteiger partial charge in [-0.3, -0.25) is 0 Å². The van der Waals surface area contributed by atoms with E-state index < -0.39 is 0 Å². The lowest BCUT2D eigenvalue weighted by molar-refractivity contribution is 0.471. The van der Waals surface area contributed by atoms with Gasteiger partial charge in [0.2, 0.25) is 0 Å². The molecule has 0 fully saturated rings. The third-order valence-corrected chi connectivity index (χ3v) is 2.43. The van der Waals surface area contributed by atoms with Crippen molar-refractivity contribution in [2.45, 2.75) is 19.0 Å². The van der Waals surface area contributed by atoms with Gasteiger partial charge in [-0.15, -0.1) is 0 Å². The van der Waals surface area contributed by atoms with Crippen LogP contribution in [0.1, 0.15) is 11.4 Å². The summed E-state index contributed by atoms with van der Waals surface area (Å²) in [6.07, 6.45) is 2.83. The van der Waals surface area contributed by atoms with Crippen LogP contribution in [0, 0.1) is 0 Å². The molecule has 0 saturated carbocycles. The quantitative estimate of drug-likeness (QED) is 0.585. The van der Waals surface area contributed by atoms with Crippen molar-refractivity contribution in [1.82, 2.24) is 14.9 Å². The van der Waals surface area contributed by atoms with Crippen molar-refractivity contribution in [1.29, 1.82) is 0 Å². The Hall–Kier alpha value is -0.870. The van der Waals surface area contributed by atoms with Crippen LogP contribution < -0.4 is 11.1 Å². The molecule has 1 atom stereocenters. The molecule has 0 saturated heterocycles. The molecule has 3 N–H and O–H groups in total. The molecule has 0 aromatic carbocycles. The van der Waals surface area contributed by atoms with Crippen LogP contribution in [-0.4, -0.2) is 22.1 Å². The van der Waals surface area contributed by atoms with Crippen molar-refractivity contribution in [2.24, 2.45) is 12.8 Å². The Labute approximate surface area is 71.8 Å². The fraction of sp³-hybridized carbons (Fsp3) is 0.625. The molecule has 2 rings (SSSR count). The summed E-state index contributed by atoms with van der Waals surface area (Å²) < 4.78 is 2.06. The normalized spacial score (nSPS) is 22.3. The summed E-state index contributed by atoms with van der Waals surface area (Å²) >= 11 is 0. The van der Waals surface area contributed by atoms with Crippen LogP contribution >= 0.6 is 0 Å². The Morgan fingerprint density at radius 2 is 2.67 bits per heavy atom. The topological polar surface area (TPSA) is 55.9 Å². The number of hydrogen-bond donors (Lipinski definition) is 2. The third kappa shape index (κ3) is 1.13. The Kier molecular flexibility index (Phi) is 1.86. The van der Waals surface area contributed by atoms with E-state index in [9.17, 15) is 0 Å². The van der Waals surface area contributed by atoms with Gasteiger partial charge in [-0.2, -0.15) is 0 Å². The molecule has 2 heterocycles. The van der Waals surface area contributed by atoms with Crippen molar-refractivity contribution >= 4 is 0 Å². The second-order valence-corrected chi connectivity index (χ2v) is 3.27. The zero-order valence-corrected chi connectivity index (χ0v) is 7.25. The fourth-order valence-corrected chi connectivity index (χ4v) is 1.61. The molecule has 12 heavy (non-hydrogen) atoms. The van der Waals surface area contributed by atoms with Gasteiger partial charge in [0, 0.05) is 32.6 Å². The summed E-state index contributed by atoms with van der Waals surface area (Å²) in [5.41, 5.74) is 8.06. The van der Waals surface area contributed by atoms with Crippen LogP contribution in [-0.2, 0) is 20.0 Å². The van der Waals surface area contributed by atoms with E-state index in [1.807, 2.05) is 13.4 Å². The van der Waals surface area contributed by atoms with Crippen molar-refractivity contribution in [3.05, 3.63) is 17.7 Å². The molecule has 1 aromatic heterocycles. The van der Waals surface area contributed by atoms with Gasteiger partial charge in [0.1, 0.15) is 0 Å². The summed E-state index contributed by atoms with van der Waals surface area (Å²) in [4.78, 5) is 4.32. The number of nitrogens with zero attached hydrogens (tertiary/aromatic N) is 2. The average molecular weight is 166 g/mol. The van der Waals surface area contributed by atoms with Gasteiger partial charge in [0.15, 0.2) is 0 Å². The Morgan fingerprint density at radius 1 is 1.83 bits per heavy atom. The molecule has 0 spiro atoms. The first kappa shape index (κ1) is 7.76. The van der Waals surface area contributed by atoms with Crippen LogP contribution in [0.3, 0.4) is 0 Å². The van der Waals surface area contributed by atoms with E-state index >= 15 is 0 Å². The van der Waals surface area contributed by atoms with Crippen molar-refractivity contribution in [2.75, 3.05) is 6.54 Å². The minimum atomic E-state index is 0.410. The molecule has 1 aromatic rings. The molecule has 4 nitrogen and oxygen atoms in total. The molecule has 0 radical (unpaired) electrons. The lowest BCUT2D eigenvalue weighted by Gasteiger charge is -2.22. The van der Waals surface area contributed by atoms with Gasteiger partial charge in [-0.1, -0.05) is 0 Å². The summed E-state index contributed by atoms with van der Waals surface area (Å²) in [6.45, 7) is 1.59. The minimum absolute atomic E-state index is 0.410. The van der Waals surface area contributed by atoms with E-state index in [0.717, 1.165) is 13.0 Å². The number of imidazole rings is 1. The van der Waals surface area contributed by atoms with Gasteiger partial charge >= 0.3 is 0 Å². The predicted octanol–water partition coefficient (Wildman–Crippen LogP) is -0.607. The number of rotatable bonds is 1. The molecular formula is C8H14N4. The fourth-order valence-electron chi connectivity index (χ4n) is 1.61. The second kappa shape index (κ2) is 2.88. The molecule has 66 valence electrons. The summed E-state index contributed by atoms with van der Waals surface area (Å²) in [5.74, 6) is 0. The highest BCUT2D eigenvalue weighted by Crippen LogP contribution is 2.13. The highest BCUT2D eigenvalue weighted by Gasteiger charge is 2.19. The average Bonchev–Trinajstić information content (AvgIpc) is 2.47. The smallest absolute Gasteiger partial charge is 0.0949 e. The molecule has 0 amide bonds. The number of aryl methyl sites for hydroxylation is 1. The van der Waals surface area contributed by atoms with Crippen molar-refractivity contribution < 1.29 is 0 Å². The lowest BCUT2D eigenvalue weighted by atomic mass is 10.1. The van der Waals surface area contributed by atoms with Crippen molar-refractivity contribution in [3.8, 4) is 0 Å². The van der Waals surface area contributed by atoms with Gasteiger partial charge in [-0.05, 0) is 0 Å². The Bertz CT molecular complexity index is 279. The van der Waals surface area contributed by atoms with Crippen LogP contribution in [0.25, 0.3) is 0 Å². The largest absolute Gasteiger partial charge is 0.336 e. The SMILES string of the molecule is Cn1cnc2c1CNC(CN)C2. The molecular weight excluding hydrogens is 152 g/mol. The predicted molar refractivity (Wildman–Crippen MR) is 46.6 cm³/mol. The number of fused-ring (bicyclic) bond motifs is 1. The van der Waals surface area contributed by atoms with E-state index in [4.69, 9.17) is 5.73 Å².